The van der Waals surface area contributed by atoms with E-state index in [2.05, 4.69) is 33.4 Å². The minimum atomic E-state index is -0.0835. The topological polar surface area (TPSA) is 32.3 Å². The molecule has 4 heteroatoms. The number of nitrogens with one attached hydrogen (secondary N) is 1. The first kappa shape index (κ1) is 13.0. The van der Waals surface area contributed by atoms with Crippen LogP contribution in [0.3, 0.4) is 0 Å². The highest BCUT2D eigenvalue weighted by molar-refractivity contribution is 9.09. The van der Waals surface area contributed by atoms with Gasteiger partial charge in [-0.1, -0.05) is 64.5 Å². The molecule has 0 aliphatic carbocycles. The summed E-state index contributed by atoms with van der Waals surface area (Å²) in [4.78, 5) is 14.5. The van der Waals surface area contributed by atoms with Crippen LogP contribution < -0.4 is 10.2 Å². The number of benzene rings is 2. The molecule has 0 radical (unpaired) electrons. The molecule has 1 N–H and O–H groups in total. The summed E-state index contributed by atoms with van der Waals surface area (Å²) in [5, 5.41) is 3.47. The smallest absolute Gasteiger partial charge is 0.246 e. The molecule has 1 amide bonds. The largest absolute Gasteiger partial charge is 0.305 e. The Balaban J connectivity index is 1.64. The van der Waals surface area contributed by atoms with Gasteiger partial charge in [0, 0.05) is 11.7 Å². The molecule has 0 unspecified atom stereocenters. The minimum absolute atomic E-state index is 0.0835. The van der Waals surface area contributed by atoms with Crippen LogP contribution in [0.25, 0.3) is 0 Å². The van der Waals surface area contributed by atoms with E-state index in [1.807, 2.05) is 53.4 Å². The predicted molar refractivity (Wildman–Crippen MR) is 86.5 cm³/mol. The molecule has 2 heterocycles. The van der Waals surface area contributed by atoms with Crippen molar-refractivity contribution >= 4 is 27.5 Å². The highest BCUT2D eigenvalue weighted by Crippen LogP contribution is 2.43. The molecule has 3 nitrogen and oxygen atoms in total. The number of nitrogens with zero attached hydrogens (tertiary/aromatic N) is 1. The van der Waals surface area contributed by atoms with E-state index >= 15 is 0 Å². The van der Waals surface area contributed by atoms with Crippen LogP contribution in [0.5, 0.6) is 0 Å². The van der Waals surface area contributed by atoms with Crippen LogP contribution >= 0.6 is 15.9 Å². The SMILES string of the molecule is O=C1[C@@H]2N[C@H](c3ccccc3)[C@@H](Br)[C@@H]2N1c1ccccc1. The van der Waals surface area contributed by atoms with Crippen molar-refractivity contribution in [3.8, 4) is 0 Å². The lowest BCUT2D eigenvalue weighted by atomic mass is 9.93. The van der Waals surface area contributed by atoms with Crippen molar-refractivity contribution in [2.45, 2.75) is 23.0 Å². The fraction of sp³-hybridized carbons (Fsp3) is 0.235. The van der Waals surface area contributed by atoms with Crippen molar-refractivity contribution in [2.75, 3.05) is 4.90 Å². The van der Waals surface area contributed by atoms with Gasteiger partial charge >= 0.3 is 0 Å². The van der Waals surface area contributed by atoms with Gasteiger partial charge in [0.2, 0.25) is 5.91 Å². The predicted octanol–water partition coefficient (Wildman–Crippen LogP) is 2.88. The second-order valence-corrected chi connectivity index (χ2v) is 6.57. The molecular formula is C17H15BrN2O. The summed E-state index contributed by atoms with van der Waals surface area (Å²) in [5.41, 5.74) is 2.19. The van der Waals surface area contributed by atoms with Crippen molar-refractivity contribution in [2.24, 2.45) is 0 Å². The van der Waals surface area contributed by atoms with Crippen molar-refractivity contribution in [3.05, 3.63) is 66.2 Å². The molecule has 0 spiro atoms. The second-order valence-electron chi connectivity index (χ2n) is 5.51. The van der Waals surface area contributed by atoms with Crippen LogP contribution in [0.15, 0.2) is 60.7 Å². The summed E-state index contributed by atoms with van der Waals surface area (Å²) in [7, 11) is 0. The van der Waals surface area contributed by atoms with Crippen LogP contribution in [0.1, 0.15) is 11.6 Å². The van der Waals surface area contributed by atoms with Gasteiger partial charge in [-0.25, -0.2) is 0 Å². The lowest BCUT2D eigenvalue weighted by Gasteiger charge is -2.44. The third kappa shape index (κ3) is 1.93. The first-order valence-electron chi connectivity index (χ1n) is 7.10. The number of carbonyl (C=O) groups is 1. The molecule has 2 aromatic rings. The fourth-order valence-corrected chi connectivity index (χ4v) is 4.32. The van der Waals surface area contributed by atoms with Gasteiger partial charge in [0.1, 0.15) is 6.04 Å². The Hall–Kier alpha value is -1.65. The molecular weight excluding hydrogens is 328 g/mol. The zero-order valence-corrected chi connectivity index (χ0v) is 12.9. The molecule has 106 valence electrons. The number of fused-ring (bicyclic) bond motifs is 1. The molecule has 4 atom stereocenters. The number of rotatable bonds is 2. The number of alkyl halides is 1. The summed E-state index contributed by atoms with van der Waals surface area (Å²) in [6.07, 6.45) is 0. The van der Waals surface area contributed by atoms with E-state index in [0.29, 0.717) is 0 Å². The van der Waals surface area contributed by atoms with Gasteiger partial charge in [-0.05, 0) is 17.7 Å². The highest BCUT2D eigenvalue weighted by atomic mass is 79.9. The molecule has 2 saturated heterocycles. The number of hydrogen-bond donors (Lipinski definition) is 1. The first-order valence-corrected chi connectivity index (χ1v) is 8.02. The molecule has 2 fully saturated rings. The van der Waals surface area contributed by atoms with Crippen LogP contribution in [0, 0.1) is 0 Å². The van der Waals surface area contributed by atoms with Crippen LogP contribution in [-0.4, -0.2) is 22.8 Å². The Morgan fingerprint density at radius 1 is 0.905 bits per heavy atom. The van der Waals surface area contributed by atoms with Crippen molar-refractivity contribution in [1.29, 1.82) is 0 Å². The number of halogens is 1. The molecule has 4 rings (SSSR count). The normalized spacial score (nSPS) is 30.9. The van der Waals surface area contributed by atoms with Crippen LogP contribution in [0.4, 0.5) is 5.69 Å². The Morgan fingerprint density at radius 3 is 2.19 bits per heavy atom. The number of β-lactam (4-membered cyclic amide) rings is 1. The minimum Gasteiger partial charge on any atom is -0.305 e. The van der Waals surface area contributed by atoms with E-state index in [4.69, 9.17) is 0 Å². The van der Waals surface area contributed by atoms with Gasteiger partial charge < -0.3 is 4.90 Å². The quantitative estimate of drug-likeness (QED) is 0.672. The van der Waals surface area contributed by atoms with Crippen LogP contribution in [-0.2, 0) is 4.79 Å². The maximum absolute atomic E-state index is 12.4. The maximum Gasteiger partial charge on any atom is 0.246 e. The molecule has 2 aliphatic heterocycles. The highest BCUT2D eigenvalue weighted by Gasteiger charge is 2.58. The Labute approximate surface area is 132 Å². The summed E-state index contributed by atoms with van der Waals surface area (Å²) in [5.74, 6) is 0.161. The summed E-state index contributed by atoms with van der Waals surface area (Å²) in [6.45, 7) is 0. The van der Waals surface area contributed by atoms with Gasteiger partial charge in [-0.3, -0.25) is 10.1 Å². The van der Waals surface area contributed by atoms with Gasteiger partial charge in [0.15, 0.2) is 0 Å². The van der Waals surface area contributed by atoms with Crippen molar-refractivity contribution < 1.29 is 4.79 Å². The lowest BCUT2D eigenvalue weighted by Crippen LogP contribution is -2.67. The van der Waals surface area contributed by atoms with Crippen molar-refractivity contribution in [1.82, 2.24) is 5.32 Å². The summed E-state index contributed by atoms with van der Waals surface area (Å²) >= 11 is 3.81. The van der Waals surface area contributed by atoms with E-state index in [0.717, 1.165) is 5.69 Å². The van der Waals surface area contributed by atoms with Gasteiger partial charge in [0.25, 0.3) is 0 Å². The zero-order chi connectivity index (χ0) is 14.4. The first-order chi connectivity index (χ1) is 10.3. The Bertz CT molecular complexity index is 661. The second kappa shape index (κ2) is 4.97. The lowest BCUT2D eigenvalue weighted by molar-refractivity contribution is -0.125. The monoisotopic (exact) mass is 342 g/mol. The number of anilines is 1. The molecule has 0 bridgehead atoms. The fourth-order valence-electron chi connectivity index (χ4n) is 3.32. The summed E-state index contributed by atoms with van der Waals surface area (Å²) in [6, 6.07) is 20.4. The number of para-hydroxylation sites is 1. The molecule has 21 heavy (non-hydrogen) atoms. The van der Waals surface area contributed by atoms with E-state index < -0.39 is 0 Å². The average Bonchev–Trinajstić information content (AvgIpc) is 2.83. The van der Waals surface area contributed by atoms with Crippen LogP contribution in [0.2, 0.25) is 0 Å². The standard InChI is InChI=1S/C17H15BrN2O/c18-13-14(11-7-3-1-4-8-11)19-15-16(13)20(17(15)21)12-9-5-2-6-10-12/h1-10,13-16,19H/t13-,14-,15-,16+/m1/s1. The Kier molecular flexibility index (Phi) is 3.08. The molecule has 2 aromatic carbocycles. The van der Waals surface area contributed by atoms with Gasteiger partial charge in [-0.15, -0.1) is 0 Å². The van der Waals surface area contributed by atoms with E-state index in [9.17, 15) is 4.79 Å². The van der Waals surface area contributed by atoms with E-state index in [1.165, 1.54) is 5.56 Å². The molecule has 0 aromatic heterocycles. The average molecular weight is 343 g/mol. The number of hydrogen-bond acceptors (Lipinski definition) is 2. The third-order valence-electron chi connectivity index (χ3n) is 4.34. The van der Waals surface area contributed by atoms with Gasteiger partial charge in [-0.2, -0.15) is 0 Å². The zero-order valence-electron chi connectivity index (χ0n) is 11.3. The maximum atomic E-state index is 12.4. The summed E-state index contributed by atoms with van der Waals surface area (Å²) < 4.78 is 0. The number of amides is 1. The molecule has 0 saturated carbocycles. The van der Waals surface area contributed by atoms with E-state index in [1.54, 1.807) is 0 Å². The van der Waals surface area contributed by atoms with Gasteiger partial charge in [0.05, 0.1) is 10.9 Å². The third-order valence-corrected chi connectivity index (χ3v) is 5.41. The molecule has 2 aliphatic rings. The number of carbonyl (C=O) groups excluding carboxylic acids is 1. The van der Waals surface area contributed by atoms with Crippen molar-refractivity contribution in [3.63, 3.8) is 0 Å². The Morgan fingerprint density at radius 2 is 1.52 bits per heavy atom. The van der Waals surface area contributed by atoms with E-state index in [-0.39, 0.29) is 28.9 Å².